The minimum atomic E-state index is -1.89. The zero-order chi connectivity index (χ0) is 7.98. The molecule has 0 heterocycles. The van der Waals surface area contributed by atoms with E-state index in [1.807, 2.05) is 0 Å². The Balaban J connectivity index is -0.000000405. The quantitative estimate of drug-likeness (QED) is 0.297. The first kappa shape index (κ1) is 14.1. The van der Waals surface area contributed by atoms with Crippen LogP contribution in [0.1, 0.15) is 14.8 Å². The fourth-order valence-electron chi connectivity index (χ4n) is 0.404. The van der Waals surface area contributed by atoms with Crippen LogP contribution >= 0.6 is 0 Å². The van der Waals surface area contributed by atoms with Gasteiger partial charge in [0, 0.05) is 0 Å². The number of rotatable bonds is 4. The molecule has 11 heavy (non-hydrogen) atoms. The average molecular weight is 190 g/mol. The van der Waals surface area contributed by atoms with Gasteiger partial charge in [-0.25, -0.2) is 4.21 Å². The minimum absolute atomic E-state index is 0. The Hall–Kier alpha value is 0.580. The Morgan fingerprint density at radius 1 is 1.73 bits per heavy atom. The van der Waals surface area contributed by atoms with Crippen LogP contribution in [-0.2, 0) is 20.6 Å². The van der Waals surface area contributed by atoms with Crippen molar-refractivity contribution in [3.05, 3.63) is 0 Å². The van der Waals surface area contributed by atoms with Crippen molar-refractivity contribution in [2.24, 2.45) is 0 Å². The van der Waals surface area contributed by atoms with Gasteiger partial charge < -0.3 is 10.7 Å². The number of ether oxygens (including phenoxy) is 1. The maximum absolute atomic E-state index is 10.5. The summed E-state index contributed by atoms with van der Waals surface area (Å²) in [6, 6.07) is 0. The van der Waals surface area contributed by atoms with Crippen molar-refractivity contribution in [3.63, 3.8) is 0 Å². The molecule has 0 fully saturated rings. The smallest absolute Gasteiger partial charge is 1.00 e. The molecule has 0 aliphatic heterocycles. The standard InChI is InChI=1S/C5H10O4S.Na.H/c1-2-9-5(6)3-4-10(7)8;;/h2-4H2,1H3,(H,7,8);;/q;+1;-1. The normalized spacial score (nSPS) is 11.5. The summed E-state index contributed by atoms with van der Waals surface area (Å²) >= 11 is -1.89. The van der Waals surface area contributed by atoms with E-state index in [9.17, 15) is 9.00 Å². The maximum Gasteiger partial charge on any atom is 1.00 e. The molecule has 0 aliphatic rings. The number of carbonyl (C=O) groups excluding carboxylic acids is 1. The topological polar surface area (TPSA) is 63.6 Å². The van der Waals surface area contributed by atoms with E-state index in [0.29, 0.717) is 6.61 Å². The molecule has 0 aliphatic carbocycles. The van der Waals surface area contributed by atoms with Crippen LogP contribution in [0.2, 0.25) is 0 Å². The third-order valence-electron chi connectivity index (χ3n) is 0.786. The van der Waals surface area contributed by atoms with Gasteiger partial charge in [-0.05, 0) is 6.92 Å². The van der Waals surface area contributed by atoms with Crippen molar-refractivity contribution in [1.29, 1.82) is 0 Å². The fourth-order valence-corrected chi connectivity index (χ4v) is 0.745. The second kappa shape index (κ2) is 8.67. The van der Waals surface area contributed by atoms with E-state index in [4.69, 9.17) is 4.55 Å². The summed E-state index contributed by atoms with van der Waals surface area (Å²) in [5.41, 5.74) is 0. The van der Waals surface area contributed by atoms with Crippen molar-refractivity contribution in [1.82, 2.24) is 0 Å². The summed E-state index contributed by atoms with van der Waals surface area (Å²) in [5.74, 6) is -0.469. The van der Waals surface area contributed by atoms with Crippen molar-refractivity contribution in [2.45, 2.75) is 13.3 Å². The molecule has 0 aromatic rings. The zero-order valence-corrected chi connectivity index (χ0v) is 9.52. The van der Waals surface area contributed by atoms with Gasteiger partial charge in [0.1, 0.15) is 0 Å². The Labute approximate surface area is 91.7 Å². The molecule has 0 spiro atoms. The van der Waals surface area contributed by atoms with Gasteiger partial charge in [0.05, 0.1) is 18.8 Å². The van der Waals surface area contributed by atoms with E-state index in [0.717, 1.165) is 0 Å². The van der Waals surface area contributed by atoms with E-state index >= 15 is 0 Å². The third kappa shape index (κ3) is 10.6. The molecule has 4 nitrogen and oxygen atoms in total. The zero-order valence-electron chi connectivity index (χ0n) is 7.70. The van der Waals surface area contributed by atoms with Gasteiger partial charge in [0.2, 0.25) is 0 Å². The molecule has 1 atom stereocenters. The maximum atomic E-state index is 10.5. The molecule has 1 unspecified atom stereocenters. The molecule has 62 valence electrons. The first-order valence-electron chi connectivity index (χ1n) is 2.90. The van der Waals surface area contributed by atoms with Gasteiger partial charge in [-0.3, -0.25) is 4.79 Å². The van der Waals surface area contributed by atoms with Crippen LogP contribution in [0, 0.1) is 0 Å². The Morgan fingerprint density at radius 2 is 2.27 bits per heavy atom. The van der Waals surface area contributed by atoms with E-state index < -0.39 is 17.0 Å². The number of esters is 1. The van der Waals surface area contributed by atoms with Crippen molar-refractivity contribution < 1.29 is 49.3 Å². The van der Waals surface area contributed by atoms with Crippen molar-refractivity contribution >= 4 is 17.0 Å². The van der Waals surface area contributed by atoms with Gasteiger partial charge >= 0.3 is 35.5 Å². The van der Waals surface area contributed by atoms with E-state index in [1.54, 1.807) is 6.92 Å². The molecule has 0 rings (SSSR count). The monoisotopic (exact) mass is 190 g/mol. The number of hydrogen-bond donors (Lipinski definition) is 1. The molecule has 0 radical (unpaired) electrons. The van der Waals surface area contributed by atoms with Gasteiger partial charge in [-0.15, -0.1) is 0 Å². The predicted octanol–water partition coefficient (Wildman–Crippen LogP) is -2.72. The molecule has 0 saturated carbocycles. The summed E-state index contributed by atoms with van der Waals surface area (Å²) < 4.78 is 22.8. The summed E-state index contributed by atoms with van der Waals surface area (Å²) in [6.07, 6.45) is 0.0109. The molecule has 6 heteroatoms. The summed E-state index contributed by atoms with van der Waals surface area (Å²) in [7, 11) is 0. The Bertz CT molecular complexity index is 143. The first-order valence-corrected chi connectivity index (χ1v) is 4.17. The van der Waals surface area contributed by atoms with Crippen LogP contribution in [0.4, 0.5) is 0 Å². The summed E-state index contributed by atoms with van der Waals surface area (Å²) in [5, 5.41) is 0. The van der Waals surface area contributed by atoms with Crippen LogP contribution in [0.25, 0.3) is 0 Å². The largest absolute Gasteiger partial charge is 1.00 e. The van der Waals surface area contributed by atoms with E-state index in [-0.39, 0.29) is 43.2 Å². The second-order valence-electron chi connectivity index (χ2n) is 1.58. The number of hydrogen-bond acceptors (Lipinski definition) is 3. The minimum Gasteiger partial charge on any atom is -1.00 e. The third-order valence-corrected chi connectivity index (χ3v) is 1.34. The van der Waals surface area contributed by atoms with E-state index in [2.05, 4.69) is 4.74 Å². The second-order valence-corrected chi connectivity index (χ2v) is 2.63. The Kier molecular flexibility index (Phi) is 11.1. The predicted molar refractivity (Wildman–Crippen MR) is 38.0 cm³/mol. The first-order chi connectivity index (χ1) is 4.66. The van der Waals surface area contributed by atoms with Gasteiger partial charge in [0.15, 0.2) is 11.1 Å². The molecule has 0 amide bonds. The van der Waals surface area contributed by atoms with Crippen LogP contribution in [0.15, 0.2) is 0 Å². The van der Waals surface area contributed by atoms with Crippen LogP contribution in [-0.4, -0.2) is 27.1 Å². The summed E-state index contributed by atoms with van der Waals surface area (Å²) in [4.78, 5) is 10.5. The molecule has 1 N–H and O–H groups in total. The van der Waals surface area contributed by atoms with Gasteiger partial charge in [-0.1, -0.05) is 0 Å². The molecule has 0 aromatic carbocycles. The molecule has 0 bridgehead atoms. The molecule has 0 aromatic heterocycles. The average Bonchev–Trinajstić information content (AvgIpc) is 1.85. The van der Waals surface area contributed by atoms with Crippen LogP contribution in [0.3, 0.4) is 0 Å². The van der Waals surface area contributed by atoms with Gasteiger partial charge in [-0.2, -0.15) is 0 Å². The van der Waals surface area contributed by atoms with E-state index in [1.165, 1.54) is 0 Å². The van der Waals surface area contributed by atoms with Crippen LogP contribution < -0.4 is 29.6 Å². The fraction of sp³-hybridized carbons (Fsp3) is 0.800. The van der Waals surface area contributed by atoms with Crippen molar-refractivity contribution in [2.75, 3.05) is 12.4 Å². The molecular weight excluding hydrogens is 179 g/mol. The number of carbonyl (C=O) groups is 1. The molecule has 0 saturated heterocycles. The van der Waals surface area contributed by atoms with Crippen LogP contribution in [0.5, 0.6) is 0 Å². The van der Waals surface area contributed by atoms with Gasteiger partial charge in [0.25, 0.3) is 0 Å². The summed E-state index contributed by atoms with van der Waals surface area (Å²) in [6.45, 7) is 2.00. The van der Waals surface area contributed by atoms with Crippen molar-refractivity contribution in [3.8, 4) is 0 Å². The Morgan fingerprint density at radius 3 is 2.64 bits per heavy atom. The molecular formula is C5H11NaO4S. The SMILES string of the molecule is CCOC(=O)CCS(=O)O.[H-].[Na+].